The van der Waals surface area contributed by atoms with Crippen LogP contribution in [0.5, 0.6) is 0 Å². The van der Waals surface area contributed by atoms with Gasteiger partial charge in [-0.3, -0.25) is 4.79 Å². The first-order valence-electron chi connectivity index (χ1n) is 6.03. The Morgan fingerprint density at radius 2 is 2.06 bits per heavy atom. The molecule has 1 aliphatic heterocycles. The Labute approximate surface area is 103 Å². The molecule has 1 heterocycles. The van der Waals surface area contributed by atoms with Gasteiger partial charge in [-0.2, -0.15) is 0 Å². The first-order valence-corrected chi connectivity index (χ1v) is 7.74. The van der Waals surface area contributed by atoms with Crippen molar-refractivity contribution in [2.75, 3.05) is 5.75 Å². The second-order valence-electron chi connectivity index (χ2n) is 4.85. The van der Waals surface area contributed by atoms with Gasteiger partial charge in [-0.1, -0.05) is 6.42 Å². The number of nitrogens with one attached hydrogen (secondary N) is 1. The molecule has 0 saturated carbocycles. The van der Waals surface area contributed by atoms with Crippen LogP contribution in [0, 0.1) is 0 Å². The number of hydrogen-bond acceptors (Lipinski definition) is 4. The maximum absolute atomic E-state index is 11.8. The summed E-state index contributed by atoms with van der Waals surface area (Å²) < 4.78 is 23.4. The molecule has 0 aliphatic carbocycles. The third-order valence-electron chi connectivity index (χ3n) is 2.95. The van der Waals surface area contributed by atoms with Crippen LogP contribution in [0.2, 0.25) is 0 Å². The van der Waals surface area contributed by atoms with Gasteiger partial charge in [0.25, 0.3) is 0 Å². The number of aliphatic hydroxyl groups is 1. The normalized spacial score (nSPS) is 27.1. The fraction of sp³-hybridized carbons (Fsp3) is 0.909. The molecule has 0 aromatic rings. The summed E-state index contributed by atoms with van der Waals surface area (Å²) in [7, 11) is -3.27. The molecule has 0 aromatic heterocycles. The van der Waals surface area contributed by atoms with E-state index in [0.717, 1.165) is 6.42 Å². The van der Waals surface area contributed by atoms with E-state index in [0.29, 0.717) is 19.3 Å². The largest absolute Gasteiger partial charge is 0.393 e. The summed E-state index contributed by atoms with van der Waals surface area (Å²) in [6.07, 6.45) is 1.76. The van der Waals surface area contributed by atoms with Crippen molar-refractivity contribution in [3.63, 3.8) is 0 Å². The number of carbonyl (C=O) groups excluding carboxylic acids is 1. The van der Waals surface area contributed by atoms with E-state index in [2.05, 4.69) is 5.32 Å². The van der Waals surface area contributed by atoms with Crippen LogP contribution in [0.4, 0.5) is 0 Å². The van der Waals surface area contributed by atoms with Crippen LogP contribution >= 0.6 is 0 Å². The Bertz CT molecular complexity index is 364. The number of rotatable bonds is 4. The zero-order valence-corrected chi connectivity index (χ0v) is 11.2. The highest BCUT2D eigenvalue weighted by molar-refractivity contribution is 7.92. The van der Waals surface area contributed by atoms with Gasteiger partial charge in [0, 0.05) is 6.04 Å². The van der Waals surface area contributed by atoms with Gasteiger partial charge >= 0.3 is 0 Å². The van der Waals surface area contributed by atoms with Gasteiger partial charge in [0.05, 0.1) is 11.9 Å². The molecule has 0 radical (unpaired) electrons. The average Bonchev–Trinajstić information content (AvgIpc) is 2.14. The van der Waals surface area contributed by atoms with Gasteiger partial charge in [-0.25, -0.2) is 8.42 Å². The Morgan fingerprint density at radius 3 is 2.59 bits per heavy atom. The second-order valence-corrected chi connectivity index (χ2v) is 7.15. The average molecular weight is 263 g/mol. The molecule has 6 heteroatoms. The van der Waals surface area contributed by atoms with Crippen LogP contribution in [-0.4, -0.2) is 42.6 Å². The lowest BCUT2D eigenvalue weighted by Gasteiger charge is -2.24. The standard InChI is InChI=1S/C11H21NO4S/c1-8(7-9(2)13)12-11(14)10-5-3-4-6-17(10,15)16/h8-10,13H,3-7H2,1-2H3,(H,12,14). The highest BCUT2D eigenvalue weighted by Gasteiger charge is 2.35. The topological polar surface area (TPSA) is 83.5 Å². The molecule has 0 aromatic carbocycles. The summed E-state index contributed by atoms with van der Waals surface area (Å²) in [6.45, 7) is 3.40. The summed E-state index contributed by atoms with van der Waals surface area (Å²) in [6, 6.07) is -0.209. The molecule has 5 nitrogen and oxygen atoms in total. The Hall–Kier alpha value is -0.620. The van der Waals surface area contributed by atoms with Crippen LogP contribution < -0.4 is 5.32 Å². The van der Waals surface area contributed by atoms with E-state index >= 15 is 0 Å². The van der Waals surface area contributed by atoms with E-state index in [9.17, 15) is 18.3 Å². The smallest absolute Gasteiger partial charge is 0.238 e. The molecule has 1 saturated heterocycles. The fourth-order valence-electron chi connectivity index (χ4n) is 2.16. The van der Waals surface area contributed by atoms with Gasteiger partial charge in [0.2, 0.25) is 5.91 Å². The van der Waals surface area contributed by atoms with Crippen molar-refractivity contribution in [2.45, 2.75) is 56.9 Å². The van der Waals surface area contributed by atoms with Gasteiger partial charge < -0.3 is 10.4 Å². The zero-order valence-electron chi connectivity index (χ0n) is 10.3. The highest BCUT2D eigenvalue weighted by atomic mass is 32.2. The summed E-state index contributed by atoms with van der Waals surface area (Å²) in [5.41, 5.74) is 0. The molecule has 1 rings (SSSR count). The van der Waals surface area contributed by atoms with Crippen LogP contribution in [0.15, 0.2) is 0 Å². The molecule has 1 amide bonds. The minimum atomic E-state index is -3.27. The lowest BCUT2D eigenvalue weighted by Crippen LogP contribution is -2.46. The number of amides is 1. The maximum atomic E-state index is 11.8. The lowest BCUT2D eigenvalue weighted by atomic mass is 10.1. The summed E-state index contributed by atoms with van der Waals surface area (Å²) in [5.74, 6) is -0.312. The van der Waals surface area contributed by atoms with Gasteiger partial charge in [0.15, 0.2) is 9.84 Å². The van der Waals surface area contributed by atoms with Crippen molar-refractivity contribution in [1.82, 2.24) is 5.32 Å². The molecule has 3 atom stereocenters. The molecule has 17 heavy (non-hydrogen) atoms. The van der Waals surface area contributed by atoms with E-state index in [1.54, 1.807) is 13.8 Å². The van der Waals surface area contributed by atoms with E-state index in [4.69, 9.17) is 0 Å². The summed E-state index contributed by atoms with van der Waals surface area (Å²) in [5, 5.41) is 10.9. The minimum Gasteiger partial charge on any atom is -0.393 e. The molecule has 100 valence electrons. The maximum Gasteiger partial charge on any atom is 0.238 e. The van der Waals surface area contributed by atoms with Crippen molar-refractivity contribution in [2.24, 2.45) is 0 Å². The Morgan fingerprint density at radius 1 is 1.41 bits per heavy atom. The lowest BCUT2D eigenvalue weighted by molar-refractivity contribution is -0.121. The predicted molar refractivity (Wildman–Crippen MR) is 65.3 cm³/mol. The van der Waals surface area contributed by atoms with E-state index in [1.165, 1.54) is 0 Å². The first kappa shape index (κ1) is 14.4. The van der Waals surface area contributed by atoms with Crippen LogP contribution in [0.3, 0.4) is 0 Å². The summed E-state index contributed by atoms with van der Waals surface area (Å²) in [4.78, 5) is 11.8. The van der Waals surface area contributed by atoms with Crippen molar-refractivity contribution in [1.29, 1.82) is 0 Å². The molecule has 0 spiro atoms. The SMILES string of the molecule is CC(O)CC(C)NC(=O)C1CCCCS1(=O)=O. The fourth-order valence-corrected chi connectivity index (χ4v) is 3.97. The molecule has 0 bridgehead atoms. The van der Waals surface area contributed by atoms with E-state index < -0.39 is 27.1 Å². The Kier molecular flexibility index (Phi) is 4.94. The molecule has 1 fully saturated rings. The van der Waals surface area contributed by atoms with Crippen LogP contribution in [-0.2, 0) is 14.6 Å². The van der Waals surface area contributed by atoms with Crippen molar-refractivity contribution < 1.29 is 18.3 Å². The third-order valence-corrected chi connectivity index (χ3v) is 5.13. The van der Waals surface area contributed by atoms with Crippen molar-refractivity contribution in [3.05, 3.63) is 0 Å². The predicted octanol–water partition coefficient (Wildman–Crippen LogP) is 0.229. The second kappa shape index (κ2) is 5.82. The monoisotopic (exact) mass is 263 g/mol. The molecule has 1 aliphatic rings. The van der Waals surface area contributed by atoms with Crippen LogP contribution in [0.1, 0.15) is 39.5 Å². The zero-order chi connectivity index (χ0) is 13.1. The molecule has 3 unspecified atom stereocenters. The first-order chi connectivity index (χ1) is 7.83. The molecular weight excluding hydrogens is 242 g/mol. The van der Waals surface area contributed by atoms with Gasteiger partial charge in [-0.15, -0.1) is 0 Å². The Balaban J connectivity index is 2.57. The highest BCUT2D eigenvalue weighted by Crippen LogP contribution is 2.19. The quantitative estimate of drug-likeness (QED) is 0.760. The number of hydrogen-bond donors (Lipinski definition) is 2. The molecule has 2 N–H and O–H groups in total. The van der Waals surface area contributed by atoms with Crippen molar-refractivity contribution >= 4 is 15.7 Å². The molecular formula is C11H21NO4S. The number of aliphatic hydroxyl groups excluding tert-OH is 1. The number of carbonyl (C=O) groups is 1. The minimum absolute atomic E-state index is 0.107. The van der Waals surface area contributed by atoms with Gasteiger partial charge in [-0.05, 0) is 33.1 Å². The third kappa shape index (κ3) is 4.27. The van der Waals surface area contributed by atoms with Crippen molar-refractivity contribution in [3.8, 4) is 0 Å². The summed E-state index contributed by atoms with van der Waals surface area (Å²) >= 11 is 0. The van der Waals surface area contributed by atoms with E-state index in [-0.39, 0.29) is 11.8 Å². The van der Waals surface area contributed by atoms with Gasteiger partial charge in [0.1, 0.15) is 5.25 Å². The number of sulfone groups is 1. The van der Waals surface area contributed by atoms with Crippen LogP contribution in [0.25, 0.3) is 0 Å². The van der Waals surface area contributed by atoms with E-state index in [1.807, 2.05) is 0 Å².